The molecule has 1 amide bonds. The van der Waals surface area contributed by atoms with Crippen LogP contribution in [0.3, 0.4) is 0 Å². The molecule has 0 saturated carbocycles. The number of hydrogen-bond donors (Lipinski definition) is 1. The predicted molar refractivity (Wildman–Crippen MR) is 178 cm³/mol. The number of rotatable bonds is 10. The van der Waals surface area contributed by atoms with E-state index >= 15 is 0 Å². The summed E-state index contributed by atoms with van der Waals surface area (Å²) in [5.74, 6) is -0.334. The number of carbonyl (C=O) groups is 2. The minimum absolute atomic E-state index is 0.0322. The van der Waals surface area contributed by atoms with E-state index in [1.54, 1.807) is 48.5 Å². The van der Waals surface area contributed by atoms with Crippen molar-refractivity contribution in [1.82, 2.24) is 10.2 Å². The number of Topliss-reactive ketones (excluding diaryl/α,β-unsaturated/α-hetero) is 1. The molecular weight excluding hydrogens is 623 g/mol. The highest BCUT2D eigenvalue weighted by Crippen LogP contribution is 2.45. The smallest absolute Gasteiger partial charge is 0.296 e. The van der Waals surface area contributed by atoms with Crippen LogP contribution in [-0.2, 0) is 10.5 Å². The van der Waals surface area contributed by atoms with Crippen LogP contribution in [0.2, 0.25) is 0 Å². The van der Waals surface area contributed by atoms with E-state index in [1.807, 2.05) is 25.1 Å². The molecule has 2 aromatic heterocycles. The van der Waals surface area contributed by atoms with E-state index in [0.717, 1.165) is 16.3 Å². The number of aliphatic hydroxyl groups excluding tert-OH is 1. The minimum atomic E-state index is -0.991. The second-order valence-electron chi connectivity index (χ2n) is 10.4. The number of hydrogen-bond acceptors (Lipinski definition) is 10. The molecule has 0 bridgehead atoms. The van der Waals surface area contributed by atoms with Crippen molar-refractivity contribution in [3.8, 4) is 11.5 Å². The van der Waals surface area contributed by atoms with E-state index in [9.17, 15) is 14.7 Å². The van der Waals surface area contributed by atoms with Gasteiger partial charge < -0.3 is 19.0 Å². The molecule has 6 aromatic rings. The van der Waals surface area contributed by atoms with Gasteiger partial charge in [0.1, 0.15) is 5.75 Å². The molecule has 1 N–H and O–H groups in total. The molecule has 0 aliphatic carbocycles. The predicted octanol–water partition coefficient (Wildman–Crippen LogP) is 7.92. The molecule has 3 heterocycles. The summed E-state index contributed by atoms with van der Waals surface area (Å²) in [6.45, 7) is 2.37. The second kappa shape index (κ2) is 12.3. The van der Waals surface area contributed by atoms with Crippen molar-refractivity contribution in [2.24, 2.45) is 0 Å². The lowest BCUT2D eigenvalue weighted by molar-refractivity contribution is -0.117. The molecule has 1 unspecified atom stereocenters. The highest BCUT2D eigenvalue weighted by atomic mass is 32.2. The maximum atomic E-state index is 14.1. The first-order valence-corrected chi connectivity index (χ1v) is 16.3. The van der Waals surface area contributed by atoms with Gasteiger partial charge in [0, 0.05) is 11.1 Å². The summed E-state index contributed by atoms with van der Waals surface area (Å²) < 4.78 is 17.6. The summed E-state index contributed by atoms with van der Waals surface area (Å²) in [6.07, 6.45) is 0. The fourth-order valence-corrected chi connectivity index (χ4v) is 7.49. The third kappa shape index (κ3) is 5.27. The van der Waals surface area contributed by atoms with E-state index in [1.165, 1.54) is 35.1 Å². The maximum absolute atomic E-state index is 14.1. The standard InChI is InChI=1S/C35H27N3O6S2/c1-3-43-24-16-14-21(15-17-24)29-28(30(39)27-18-22-10-7-13-26(42-2)32(22)44-27)31(40)33(41)38(29)34-36-37-35(46-34)45-19-23-11-6-9-20-8-4-5-12-25(20)23/h4-18,29,40H,3,19H2,1-2H3. The average Bonchev–Trinajstić information content (AvgIpc) is 3.80. The van der Waals surface area contributed by atoms with Gasteiger partial charge in [0.2, 0.25) is 10.9 Å². The van der Waals surface area contributed by atoms with E-state index in [0.29, 0.717) is 44.7 Å². The summed E-state index contributed by atoms with van der Waals surface area (Å²) >= 11 is 2.73. The first-order valence-electron chi connectivity index (χ1n) is 14.5. The van der Waals surface area contributed by atoms with Gasteiger partial charge in [0.05, 0.1) is 25.3 Å². The third-order valence-corrected chi connectivity index (χ3v) is 9.85. The fraction of sp³-hybridized carbons (Fsp3) is 0.143. The Kier molecular flexibility index (Phi) is 7.93. The summed E-state index contributed by atoms with van der Waals surface area (Å²) in [5, 5.41) is 23.2. The van der Waals surface area contributed by atoms with Crippen molar-refractivity contribution >= 4 is 61.7 Å². The number of thioether (sulfide) groups is 1. The molecule has 0 radical (unpaired) electrons. The van der Waals surface area contributed by atoms with Gasteiger partial charge in [-0.05, 0) is 53.1 Å². The average molecular weight is 650 g/mol. The molecule has 0 fully saturated rings. The van der Waals surface area contributed by atoms with Gasteiger partial charge in [0.25, 0.3) is 5.91 Å². The van der Waals surface area contributed by atoms with Crippen LogP contribution in [0.15, 0.2) is 111 Å². The van der Waals surface area contributed by atoms with Gasteiger partial charge in [-0.1, -0.05) is 89.8 Å². The number of aliphatic hydroxyl groups is 1. The maximum Gasteiger partial charge on any atom is 0.296 e. The minimum Gasteiger partial charge on any atom is -0.503 e. The molecule has 11 heteroatoms. The van der Waals surface area contributed by atoms with Crippen molar-refractivity contribution in [3.05, 3.63) is 119 Å². The topological polar surface area (TPSA) is 115 Å². The van der Waals surface area contributed by atoms with E-state index in [2.05, 4.69) is 34.5 Å². The molecule has 46 heavy (non-hydrogen) atoms. The van der Waals surface area contributed by atoms with Gasteiger partial charge in [0.15, 0.2) is 27.2 Å². The second-order valence-corrected chi connectivity index (χ2v) is 12.6. The number of nitrogens with zero attached hydrogens (tertiary/aromatic N) is 3. The molecule has 0 saturated heterocycles. The monoisotopic (exact) mass is 649 g/mol. The summed E-state index contributed by atoms with van der Waals surface area (Å²) in [4.78, 5) is 29.1. The number of furan rings is 1. The van der Waals surface area contributed by atoms with Crippen LogP contribution in [0.25, 0.3) is 21.7 Å². The van der Waals surface area contributed by atoms with Crippen molar-refractivity contribution in [2.45, 2.75) is 23.1 Å². The molecule has 1 aliphatic rings. The lowest BCUT2D eigenvalue weighted by atomic mass is 9.95. The molecule has 9 nitrogen and oxygen atoms in total. The highest BCUT2D eigenvalue weighted by molar-refractivity contribution is 8.00. The number of para-hydroxylation sites is 1. The Morgan fingerprint density at radius 1 is 1.00 bits per heavy atom. The SMILES string of the molecule is CCOc1ccc(C2C(C(=O)c3cc4cccc(OC)c4o3)=C(O)C(=O)N2c2nnc(SCc3cccc4ccccc34)s2)cc1. The first kappa shape index (κ1) is 29.6. The molecule has 1 atom stereocenters. The van der Waals surface area contributed by atoms with Crippen LogP contribution in [0.5, 0.6) is 11.5 Å². The number of carbonyl (C=O) groups excluding carboxylic acids is 2. The number of ether oxygens (including phenoxy) is 2. The van der Waals surface area contributed by atoms with Crippen molar-refractivity contribution in [3.63, 3.8) is 0 Å². The molecule has 0 spiro atoms. The molecule has 4 aromatic carbocycles. The number of aromatic nitrogens is 2. The van der Waals surface area contributed by atoms with E-state index < -0.39 is 23.5 Å². The Bertz CT molecular complexity index is 2130. The number of amides is 1. The van der Waals surface area contributed by atoms with Crippen LogP contribution >= 0.6 is 23.1 Å². The Morgan fingerprint density at radius 3 is 2.57 bits per heavy atom. The molecular formula is C35H27N3O6S2. The van der Waals surface area contributed by atoms with Gasteiger partial charge in [-0.3, -0.25) is 14.5 Å². The summed E-state index contributed by atoms with van der Waals surface area (Å²) in [7, 11) is 1.51. The van der Waals surface area contributed by atoms with Crippen molar-refractivity contribution in [1.29, 1.82) is 0 Å². The van der Waals surface area contributed by atoms with Gasteiger partial charge in [-0.25, -0.2) is 0 Å². The van der Waals surface area contributed by atoms with E-state index in [-0.39, 0.29) is 16.5 Å². The molecule has 7 rings (SSSR count). The molecule has 230 valence electrons. The van der Waals surface area contributed by atoms with Crippen LogP contribution in [0.4, 0.5) is 5.13 Å². The van der Waals surface area contributed by atoms with Gasteiger partial charge in [-0.2, -0.15) is 0 Å². The van der Waals surface area contributed by atoms with Crippen molar-refractivity contribution in [2.75, 3.05) is 18.6 Å². The zero-order valence-electron chi connectivity index (χ0n) is 24.8. The van der Waals surface area contributed by atoms with Crippen LogP contribution < -0.4 is 14.4 Å². The third-order valence-electron chi connectivity index (χ3n) is 7.74. The lowest BCUT2D eigenvalue weighted by Crippen LogP contribution is -2.31. The number of anilines is 1. The summed E-state index contributed by atoms with van der Waals surface area (Å²) in [6, 6.07) is 27.3. The van der Waals surface area contributed by atoms with Crippen molar-refractivity contribution < 1.29 is 28.6 Å². The van der Waals surface area contributed by atoms with Gasteiger partial charge in [-0.15, -0.1) is 10.2 Å². The summed E-state index contributed by atoms with van der Waals surface area (Å²) in [5.41, 5.74) is 2.01. The van der Waals surface area contributed by atoms with E-state index in [4.69, 9.17) is 13.9 Å². The van der Waals surface area contributed by atoms with Crippen LogP contribution in [-0.4, -0.2) is 40.7 Å². The number of ketones is 1. The number of benzene rings is 4. The quantitative estimate of drug-likeness (QED) is 0.0898. The first-order chi connectivity index (χ1) is 22.5. The van der Waals surface area contributed by atoms with Crippen LogP contribution in [0.1, 0.15) is 34.6 Å². The zero-order chi connectivity index (χ0) is 31.8. The highest BCUT2D eigenvalue weighted by Gasteiger charge is 2.47. The number of methoxy groups -OCH3 is 1. The Hall–Kier alpha value is -5.13. The normalized spacial score (nSPS) is 14.9. The fourth-order valence-electron chi connectivity index (χ4n) is 5.62. The van der Waals surface area contributed by atoms with Crippen LogP contribution in [0, 0.1) is 0 Å². The largest absolute Gasteiger partial charge is 0.503 e. The Morgan fingerprint density at radius 2 is 1.76 bits per heavy atom. The molecule has 1 aliphatic heterocycles. The Labute approximate surface area is 272 Å². The number of fused-ring (bicyclic) bond motifs is 2. The Balaban J connectivity index is 1.24. The zero-order valence-corrected chi connectivity index (χ0v) is 26.4. The van der Waals surface area contributed by atoms with Gasteiger partial charge >= 0.3 is 0 Å². The lowest BCUT2D eigenvalue weighted by Gasteiger charge is -2.24.